The Kier molecular flexibility index (Phi) is 13.8. The minimum absolute atomic E-state index is 0.0418. The summed E-state index contributed by atoms with van der Waals surface area (Å²) in [6.07, 6.45) is 2.26. The Bertz CT molecular complexity index is 1410. The van der Waals surface area contributed by atoms with Crippen LogP contribution in [0.25, 0.3) is 22.5 Å². The molecule has 4 rings (SSSR count). The molecule has 0 saturated carbocycles. The number of ether oxygens (including phenoxy) is 4. The lowest BCUT2D eigenvalue weighted by atomic mass is 9.95. The van der Waals surface area contributed by atoms with Crippen LogP contribution in [-0.2, 0) is 46.9 Å². The molecule has 11 nitrogen and oxygen atoms in total. The zero-order valence-corrected chi connectivity index (χ0v) is 26.4. The van der Waals surface area contributed by atoms with E-state index in [1.807, 2.05) is 62.5 Å². The number of carbonyl (C=O) groups is 3. The first-order valence-corrected chi connectivity index (χ1v) is 15.7. The van der Waals surface area contributed by atoms with Gasteiger partial charge in [0.25, 0.3) is 0 Å². The number of hydrogen-bond acceptors (Lipinski definition) is 9. The number of aromatic nitrogens is 3. The van der Waals surface area contributed by atoms with Gasteiger partial charge in [0.1, 0.15) is 17.3 Å². The third-order valence-corrected chi connectivity index (χ3v) is 7.58. The van der Waals surface area contributed by atoms with Gasteiger partial charge in [0.2, 0.25) is 5.91 Å². The highest BCUT2D eigenvalue weighted by Gasteiger charge is 2.28. The van der Waals surface area contributed by atoms with E-state index in [0.29, 0.717) is 85.1 Å². The molecule has 0 aliphatic carbocycles. The van der Waals surface area contributed by atoms with Gasteiger partial charge in [-0.1, -0.05) is 54.6 Å². The van der Waals surface area contributed by atoms with Crippen molar-refractivity contribution in [1.29, 1.82) is 0 Å². The molecule has 242 valence electrons. The van der Waals surface area contributed by atoms with Crippen molar-refractivity contribution in [3.63, 3.8) is 0 Å². The summed E-state index contributed by atoms with van der Waals surface area (Å²) in [5.41, 5.74) is 5.23. The Balaban J connectivity index is 1.12. The van der Waals surface area contributed by atoms with Crippen LogP contribution in [-0.4, -0.2) is 85.3 Å². The number of nitrogens with zero attached hydrogens (tertiary/aromatic N) is 4. The lowest BCUT2D eigenvalue weighted by Crippen LogP contribution is -2.32. The zero-order valence-electron chi connectivity index (χ0n) is 26.4. The maximum Gasteiger partial charge on any atom is 0.227 e. The molecule has 0 radical (unpaired) electrons. The number of ketones is 2. The highest BCUT2D eigenvalue weighted by Crippen LogP contribution is 2.40. The number of Topliss-reactive ketones (excluding diaryl/α,β-unsaturated/α-hetero) is 2. The molecule has 0 unspecified atom stereocenters. The van der Waals surface area contributed by atoms with Crippen LogP contribution in [0.15, 0.2) is 48.5 Å². The van der Waals surface area contributed by atoms with E-state index in [-0.39, 0.29) is 30.3 Å². The number of anilines is 1. The fourth-order valence-corrected chi connectivity index (χ4v) is 5.12. The van der Waals surface area contributed by atoms with Crippen LogP contribution < -0.4 is 4.90 Å². The summed E-state index contributed by atoms with van der Waals surface area (Å²) in [5, 5.41) is 8.72. The van der Waals surface area contributed by atoms with Crippen molar-refractivity contribution in [2.24, 2.45) is 7.05 Å². The van der Waals surface area contributed by atoms with Gasteiger partial charge in [0.15, 0.2) is 0 Å². The summed E-state index contributed by atoms with van der Waals surface area (Å²) in [6, 6.07) is 15.7. The van der Waals surface area contributed by atoms with Crippen LogP contribution in [0.4, 0.5) is 5.69 Å². The Morgan fingerprint density at radius 2 is 1.33 bits per heavy atom. The number of carbonyl (C=O) groups excluding carboxylic acids is 3. The average Bonchev–Trinajstić information content (AvgIpc) is 3.43. The maximum atomic E-state index is 13.6. The molecule has 0 saturated heterocycles. The predicted octanol–water partition coefficient (Wildman–Crippen LogP) is 4.56. The van der Waals surface area contributed by atoms with E-state index < -0.39 is 0 Å². The smallest absolute Gasteiger partial charge is 0.227 e. The fraction of sp³-hybridized carbons (Fsp3) is 0.500. The van der Waals surface area contributed by atoms with E-state index in [2.05, 4.69) is 10.3 Å². The Labute approximate surface area is 264 Å². The van der Waals surface area contributed by atoms with Crippen LogP contribution >= 0.6 is 0 Å². The molecule has 11 heteroatoms. The van der Waals surface area contributed by atoms with Crippen molar-refractivity contribution in [2.75, 3.05) is 57.8 Å². The SMILES string of the molecule is CCC(=O)CCOCCOCCOCCOCCCC(=O)CCC(=O)N1Cc2ccccc2-c2nnn(C)c2-c2ccccc21. The summed E-state index contributed by atoms with van der Waals surface area (Å²) < 4.78 is 23.6. The molecule has 2 heterocycles. The largest absolute Gasteiger partial charge is 0.379 e. The summed E-state index contributed by atoms with van der Waals surface area (Å²) in [6.45, 7) is 5.83. The van der Waals surface area contributed by atoms with Gasteiger partial charge in [-0.3, -0.25) is 14.4 Å². The van der Waals surface area contributed by atoms with Gasteiger partial charge < -0.3 is 23.8 Å². The van der Waals surface area contributed by atoms with Crippen molar-refractivity contribution in [2.45, 2.75) is 52.0 Å². The van der Waals surface area contributed by atoms with Crippen LogP contribution in [0.5, 0.6) is 0 Å². The van der Waals surface area contributed by atoms with Crippen LogP contribution in [0, 0.1) is 0 Å². The summed E-state index contributed by atoms with van der Waals surface area (Å²) >= 11 is 0. The van der Waals surface area contributed by atoms with Gasteiger partial charge >= 0.3 is 0 Å². The van der Waals surface area contributed by atoms with Gasteiger partial charge in [0.05, 0.1) is 64.2 Å². The number of para-hydroxylation sites is 1. The third-order valence-electron chi connectivity index (χ3n) is 7.58. The molecule has 0 atom stereocenters. The number of benzene rings is 2. The summed E-state index contributed by atoms with van der Waals surface area (Å²) in [5.74, 6) is 0.143. The normalized spacial score (nSPS) is 12.2. The van der Waals surface area contributed by atoms with E-state index in [1.54, 1.807) is 9.58 Å². The number of rotatable bonds is 20. The predicted molar refractivity (Wildman–Crippen MR) is 170 cm³/mol. The number of amides is 1. The monoisotopic (exact) mass is 620 g/mol. The molecule has 45 heavy (non-hydrogen) atoms. The number of fused-ring (bicyclic) bond motifs is 5. The Morgan fingerprint density at radius 1 is 0.711 bits per heavy atom. The van der Waals surface area contributed by atoms with Gasteiger partial charge in [-0.25, -0.2) is 4.68 Å². The van der Waals surface area contributed by atoms with E-state index in [1.165, 1.54) is 0 Å². The topological polar surface area (TPSA) is 122 Å². The molecule has 2 aromatic carbocycles. The van der Waals surface area contributed by atoms with Crippen molar-refractivity contribution < 1.29 is 33.3 Å². The second-order valence-corrected chi connectivity index (χ2v) is 10.8. The van der Waals surface area contributed by atoms with Gasteiger partial charge in [-0.15, -0.1) is 5.10 Å². The molecule has 0 fully saturated rings. The highest BCUT2D eigenvalue weighted by molar-refractivity contribution is 6.01. The first kappa shape index (κ1) is 34.1. The number of aryl methyl sites for hydroxylation is 1. The zero-order chi connectivity index (χ0) is 31.9. The van der Waals surface area contributed by atoms with Crippen molar-refractivity contribution in [3.8, 4) is 22.5 Å². The molecule has 1 aliphatic heterocycles. The fourth-order valence-electron chi connectivity index (χ4n) is 5.12. The summed E-state index contributed by atoms with van der Waals surface area (Å²) in [7, 11) is 1.85. The van der Waals surface area contributed by atoms with Crippen LogP contribution in [0.3, 0.4) is 0 Å². The molecule has 1 aliphatic rings. The first-order valence-electron chi connectivity index (χ1n) is 15.7. The Hall–Kier alpha value is -3.77. The van der Waals surface area contributed by atoms with Crippen LogP contribution in [0.2, 0.25) is 0 Å². The molecular formula is C34H44N4O7. The van der Waals surface area contributed by atoms with E-state index in [4.69, 9.17) is 18.9 Å². The molecule has 1 aromatic heterocycles. The molecule has 0 bridgehead atoms. The third kappa shape index (κ3) is 10.1. The molecule has 3 aromatic rings. The van der Waals surface area contributed by atoms with Crippen LogP contribution in [0.1, 0.15) is 51.0 Å². The molecule has 0 spiro atoms. The lowest BCUT2D eigenvalue weighted by Gasteiger charge is -2.28. The van der Waals surface area contributed by atoms with Crippen molar-refractivity contribution in [3.05, 3.63) is 54.1 Å². The lowest BCUT2D eigenvalue weighted by molar-refractivity contribution is -0.124. The van der Waals surface area contributed by atoms with E-state index in [9.17, 15) is 14.4 Å². The second-order valence-electron chi connectivity index (χ2n) is 10.8. The van der Waals surface area contributed by atoms with Gasteiger partial charge in [-0.05, 0) is 18.1 Å². The van der Waals surface area contributed by atoms with E-state index >= 15 is 0 Å². The minimum Gasteiger partial charge on any atom is -0.379 e. The standard InChI is InChI=1S/C34H44N4O7/c1-3-27(39)16-18-43-20-22-45-24-23-44-21-19-42-17-8-10-28(40)14-15-32(41)38-25-26-9-4-5-11-29(26)33-34(37(2)36-35-33)30-12-6-7-13-31(30)38/h4-7,9,11-13H,3,8,10,14-25H2,1-2H3. The van der Waals surface area contributed by atoms with Gasteiger partial charge in [-0.2, -0.15) is 0 Å². The molecule has 0 N–H and O–H groups in total. The molecule has 1 amide bonds. The minimum atomic E-state index is -0.0995. The number of hydrogen-bond donors (Lipinski definition) is 0. The average molecular weight is 621 g/mol. The van der Waals surface area contributed by atoms with Crippen molar-refractivity contribution in [1.82, 2.24) is 15.0 Å². The quantitative estimate of drug-likeness (QED) is 0.167. The van der Waals surface area contributed by atoms with E-state index in [0.717, 1.165) is 33.8 Å². The Morgan fingerprint density at radius 3 is 2.04 bits per heavy atom. The molecular weight excluding hydrogens is 576 g/mol. The van der Waals surface area contributed by atoms with Gasteiger partial charge in [0, 0.05) is 56.9 Å². The highest BCUT2D eigenvalue weighted by atomic mass is 16.6. The second kappa shape index (κ2) is 18.3. The maximum absolute atomic E-state index is 13.6. The van der Waals surface area contributed by atoms with Crippen molar-refractivity contribution >= 4 is 23.2 Å². The first-order chi connectivity index (χ1) is 22.0. The summed E-state index contributed by atoms with van der Waals surface area (Å²) in [4.78, 5) is 39.2.